The summed E-state index contributed by atoms with van der Waals surface area (Å²) in [5.74, 6) is 0. The molecule has 1 aliphatic rings. The van der Waals surface area contributed by atoms with Gasteiger partial charge in [0.15, 0.2) is 9.84 Å². The van der Waals surface area contributed by atoms with E-state index in [9.17, 15) is 8.42 Å². The van der Waals surface area contributed by atoms with Gasteiger partial charge in [-0.2, -0.15) is 0 Å². The molecule has 2 unspecified atom stereocenters. The number of fused-ring (bicyclic) bond motifs is 1. The Labute approximate surface area is 116 Å². The lowest BCUT2D eigenvalue weighted by Crippen LogP contribution is -2.51. The van der Waals surface area contributed by atoms with E-state index in [4.69, 9.17) is 0 Å². The van der Waals surface area contributed by atoms with E-state index < -0.39 is 15.1 Å². The fraction of sp³-hybridized carbons (Fsp3) is 0.500. The maximum Gasteiger partial charge on any atom is 0.186 e. The van der Waals surface area contributed by atoms with E-state index in [0.29, 0.717) is 11.4 Å². The van der Waals surface area contributed by atoms with Crippen molar-refractivity contribution in [2.45, 2.75) is 23.1 Å². The highest BCUT2D eigenvalue weighted by Crippen LogP contribution is 2.37. The van der Waals surface area contributed by atoms with Crippen LogP contribution in [0, 0.1) is 0 Å². The first kappa shape index (κ1) is 13.8. The summed E-state index contributed by atoms with van der Waals surface area (Å²) in [5, 5.41) is 2.55. The van der Waals surface area contributed by atoms with Crippen LogP contribution in [-0.4, -0.2) is 40.3 Å². The van der Waals surface area contributed by atoms with E-state index in [0.717, 1.165) is 10.2 Å². The van der Waals surface area contributed by atoms with Gasteiger partial charge in [0.05, 0.1) is 15.8 Å². The first-order valence-electron chi connectivity index (χ1n) is 5.80. The van der Waals surface area contributed by atoms with Crippen LogP contribution in [0.3, 0.4) is 0 Å². The second kappa shape index (κ2) is 4.83. The third-order valence-electron chi connectivity index (χ3n) is 3.56. The third kappa shape index (κ3) is 2.06. The van der Waals surface area contributed by atoms with E-state index in [1.165, 1.54) is 0 Å². The Balaban J connectivity index is 2.63. The summed E-state index contributed by atoms with van der Waals surface area (Å²) in [6, 6.07) is 5.37. The van der Waals surface area contributed by atoms with Crippen molar-refractivity contribution in [2.75, 3.05) is 25.5 Å². The van der Waals surface area contributed by atoms with Gasteiger partial charge in [-0.25, -0.2) is 8.42 Å². The Hall–Kier alpha value is -0.590. The second-order valence-electron chi connectivity index (χ2n) is 4.60. The molecule has 0 saturated carbocycles. The molecule has 0 amide bonds. The molecule has 1 heterocycles. The Morgan fingerprint density at radius 2 is 2.11 bits per heavy atom. The number of sulfone groups is 1. The highest BCUT2D eigenvalue weighted by atomic mass is 79.9. The maximum absolute atomic E-state index is 12.6. The minimum Gasteiger partial charge on any atom is -0.369 e. The average Bonchev–Trinajstić information content (AvgIpc) is 2.32. The van der Waals surface area contributed by atoms with E-state index in [1.807, 2.05) is 31.0 Å². The smallest absolute Gasteiger partial charge is 0.186 e. The Morgan fingerprint density at radius 1 is 1.44 bits per heavy atom. The molecule has 100 valence electrons. The predicted molar refractivity (Wildman–Crippen MR) is 76.9 cm³/mol. The molecule has 1 N–H and O–H groups in total. The monoisotopic (exact) mass is 332 g/mol. The molecule has 0 radical (unpaired) electrons. The highest BCUT2D eigenvalue weighted by molar-refractivity contribution is 9.10. The van der Waals surface area contributed by atoms with Crippen molar-refractivity contribution in [3.05, 3.63) is 22.7 Å². The van der Waals surface area contributed by atoms with Crippen molar-refractivity contribution >= 4 is 31.5 Å². The fourth-order valence-electron chi connectivity index (χ4n) is 2.38. The number of hydrogen-bond acceptors (Lipinski definition) is 4. The van der Waals surface area contributed by atoms with Gasteiger partial charge in [-0.15, -0.1) is 0 Å². The largest absolute Gasteiger partial charge is 0.369 e. The lowest BCUT2D eigenvalue weighted by atomic mass is 10.1. The minimum atomic E-state index is -3.28. The second-order valence-corrected chi connectivity index (χ2v) is 7.66. The quantitative estimate of drug-likeness (QED) is 0.894. The molecule has 1 aliphatic heterocycles. The van der Waals surface area contributed by atoms with Crippen LogP contribution in [-0.2, 0) is 9.84 Å². The summed E-state index contributed by atoms with van der Waals surface area (Å²) in [4.78, 5) is 2.45. The highest BCUT2D eigenvalue weighted by Gasteiger charge is 2.40. The molecule has 0 aromatic heterocycles. The van der Waals surface area contributed by atoms with Gasteiger partial charge >= 0.3 is 0 Å². The molecule has 2 atom stereocenters. The molecule has 0 aliphatic carbocycles. The van der Waals surface area contributed by atoms with Crippen LogP contribution in [0.25, 0.3) is 0 Å². The zero-order chi connectivity index (χ0) is 13.5. The predicted octanol–water partition coefficient (Wildman–Crippen LogP) is 1.65. The van der Waals surface area contributed by atoms with Crippen LogP contribution in [0.15, 0.2) is 27.6 Å². The van der Waals surface area contributed by atoms with Gasteiger partial charge < -0.3 is 10.2 Å². The average molecular weight is 333 g/mol. The van der Waals surface area contributed by atoms with Crippen molar-refractivity contribution in [1.29, 1.82) is 0 Å². The van der Waals surface area contributed by atoms with E-state index in [2.05, 4.69) is 21.2 Å². The molecular weight excluding hydrogens is 316 g/mol. The fourth-order valence-corrected chi connectivity index (χ4v) is 5.10. The van der Waals surface area contributed by atoms with Gasteiger partial charge in [0.2, 0.25) is 0 Å². The SMILES string of the molecule is CNCC1C(C)N(C)c2ccc(Br)cc2S1(=O)=O. The Kier molecular flexibility index (Phi) is 3.71. The molecule has 0 saturated heterocycles. The van der Waals surface area contributed by atoms with Crippen LogP contribution in [0.4, 0.5) is 5.69 Å². The van der Waals surface area contributed by atoms with Gasteiger partial charge in [-0.05, 0) is 32.2 Å². The first-order valence-corrected chi connectivity index (χ1v) is 8.14. The number of benzene rings is 1. The lowest BCUT2D eigenvalue weighted by molar-refractivity contribution is 0.525. The van der Waals surface area contributed by atoms with Gasteiger partial charge in [0.25, 0.3) is 0 Å². The molecule has 6 heteroatoms. The summed E-state index contributed by atoms with van der Waals surface area (Å²) < 4.78 is 26.0. The molecule has 2 rings (SSSR count). The zero-order valence-electron chi connectivity index (χ0n) is 10.6. The number of hydrogen-bond donors (Lipinski definition) is 1. The minimum absolute atomic E-state index is 0.0453. The number of halogens is 1. The number of anilines is 1. The van der Waals surface area contributed by atoms with Crippen molar-refractivity contribution in [3.63, 3.8) is 0 Å². The normalized spacial score (nSPS) is 25.9. The summed E-state index contributed by atoms with van der Waals surface area (Å²) >= 11 is 3.34. The van der Waals surface area contributed by atoms with Crippen LogP contribution < -0.4 is 10.2 Å². The summed E-state index contributed by atoms with van der Waals surface area (Å²) in [5.41, 5.74) is 0.776. The molecule has 0 spiro atoms. The summed E-state index contributed by atoms with van der Waals surface area (Å²) in [7, 11) is 0.432. The molecule has 4 nitrogen and oxygen atoms in total. The van der Waals surface area contributed by atoms with Crippen LogP contribution >= 0.6 is 15.9 Å². The number of rotatable bonds is 2. The van der Waals surface area contributed by atoms with Crippen LogP contribution in [0.5, 0.6) is 0 Å². The lowest BCUT2D eigenvalue weighted by Gasteiger charge is -2.39. The van der Waals surface area contributed by atoms with Gasteiger partial charge in [0, 0.05) is 24.1 Å². The maximum atomic E-state index is 12.6. The molecule has 1 aromatic rings. The first-order chi connectivity index (χ1) is 8.39. The molecule has 1 aromatic carbocycles. The number of nitrogens with zero attached hydrogens (tertiary/aromatic N) is 1. The van der Waals surface area contributed by atoms with Crippen molar-refractivity contribution in [1.82, 2.24) is 5.32 Å². The molecule has 0 fully saturated rings. The van der Waals surface area contributed by atoms with Crippen molar-refractivity contribution in [2.24, 2.45) is 0 Å². The standard InChI is InChI=1S/C12H17BrN2O2S/c1-8-12(7-14-2)18(16,17)11-6-9(13)4-5-10(11)15(8)3/h4-6,8,12,14H,7H2,1-3H3. The van der Waals surface area contributed by atoms with Crippen LogP contribution in [0.1, 0.15) is 6.92 Å². The zero-order valence-corrected chi connectivity index (χ0v) is 13.0. The van der Waals surface area contributed by atoms with Crippen molar-refractivity contribution < 1.29 is 8.42 Å². The summed E-state index contributed by atoms with van der Waals surface area (Å²) in [6.07, 6.45) is 0. The molecule has 0 bridgehead atoms. The van der Waals surface area contributed by atoms with Crippen LogP contribution in [0.2, 0.25) is 0 Å². The summed E-state index contributed by atoms with van der Waals surface area (Å²) in [6.45, 7) is 2.41. The van der Waals surface area contributed by atoms with Gasteiger partial charge in [-0.3, -0.25) is 0 Å². The van der Waals surface area contributed by atoms with E-state index in [-0.39, 0.29) is 6.04 Å². The third-order valence-corrected chi connectivity index (χ3v) is 6.35. The number of nitrogens with one attached hydrogen (secondary N) is 1. The Morgan fingerprint density at radius 3 is 2.72 bits per heavy atom. The van der Waals surface area contributed by atoms with Gasteiger partial charge in [0.1, 0.15) is 0 Å². The Bertz CT molecular complexity index is 559. The molecular formula is C12H17BrN2O2S. The van der Waals surface area contributed by atoms with E-state index in [1.54, 1.807) is 13.1 Å². The molecule has 18 heavy (non-hydrogen) atoms. The van der Waals surface area contributed by atoms with Crippen molar-refractivity contribution in [3.8, 4) is 0 Å². The van der Waals surface area contributed by atoms with Gasteiger partial charge in [-0.1, -0.05) is 15.9 Å². The van der Waals surface area contributed by atoms with E-state index >= 15 is 0 Å². The topological polar surface area (TPSA) is 49.4 Å².